The standard InChI is InChI=1S/C11H13FO3/c1-2-3-10(11(13)14)15-9-6-4-8(12)5-7-9/h4-7,10H,2-3H2,1H3,(H,13,14)/t10-/m1/s1. The molecule has 0 aliphatic rings. The first-order valence-electron chi connectivity index (χ1n) is 4.78. The van der Waals surface area contributed by atoms with Crippen molar-refractivity contribution in [2.45, 2.75) is 25.9 Å². The van der Waals surface area contributed by atoms with E-state index in [2.05, 4.69) is 0 Å². The molecule has 0 radical (unpaired) electrons. The number of carboxylic acids is 1. The minimum atomic E-state index is -0.999. The molecule has 0 saturated heterocycles. The Morgan fingerprint density at radius 2 is 2.07 bits per heavy atom. The molecule has 1 aromatic carbocycles. The summed E-state index contributed by atoms with van der Waals surface area (Å²) < 4.78 is 17.8. The topological polar surface area (TPSA) is 46.5 Å². The molecule has 0 amide bonds. The van der Waals surface area contributed by atoms with E-state index in [-0.39, 0.29) is 5.82 Å². The molecule has 0 fully saturated rings. The molecule has 0 saturated carbocycles. The van der Waals surface area contributed by atoms with E-state index < -0.39 is 12.1 Å². The molecule has 0 heterocycles. The summed E-state index contributed by atoms with van der Waals surface area (Å²) in [5.74, 6) is -0.997. The molecule has 0 unspecified atom stereocenters. The number of carboxylic acid groups (broad SMARTS) is 1. The molecule has 0 spiro atoms. The van der Waals surface area contributed by atoms with E-state index in [1.165, 1.54) is 24.3 Å². The number of aliphatic carboxylic acids is 1. The van der Waals surface area contributed by atoms with E-state index in [1.54, 1.807) is 0 Å². The Balaban J connectivity index is 2.65. The van der Waals surface area contributed by atoms with Crippen LogP contribution >= 0.6 is 0 Å². The first kappa shape index (κ1) is 11.5. The van der Waals surface area contributed by atoms with Crippen molar-refractivity contribution in [1.82, 2.24) is 0 Å². The van der Waals surface area contributed by atoms with Crippen LogP contribution in [-0.4, -0.2) is 17.2 Å². The second-order valence-electron chi connectivity index (χ2n) is 3.19. The van der Waals surface area contributed by atoms with Gasteiger partial charge < -0.3 is 9.84 Å². The summed E-state index contributed by atoms with van der Waals surface area (Å²) in [6.07, 6.45) is 0.297. The summed E-state index contributed by atoms with van der Waals surface area (Å²) in [6, 6.07) is 5.31. The molecule has 0 aliphatic heterocycles. The van der Waals surface area contributed by atoms with Gasteiger partial charge in [0.1, 0.15) is 11.6 Å². The number of hydrogen-bond donors (Lipinski definition) is 1. The minimum absolute atomic E-state index is 0.371. The molecule has 82 valence electrons. The largest absolute Gasteiger partial charge is 0.479 e. The van der Waals surface area contributed by atoms with Crippen LogP contribution in [0.4, 0.5) is 4.39 Å². The van der Waals surface area contributed by atoms with Gasteiger partial charge in [-0.2, -0.15) is 0 Å². The van der Waals surface area contributed by atoms with Gasteiger partial charge in [0.2, 0.25) is 0 Å². The van der Waals surface area contributed by atoms with E-state index in [0.29, 0.717) is 12.2 Å². The highest BCUT2D eigenvalue weighted by Crippen LogP contribution is 2.15. The SMILES string of the molecule is CCC[C@@H](Oc1ccc(F)cc1)C(=O)O. The van der Waals surface area contributed by atoms with Gasteiger partial charge in [-0.3, -0.25) is 0 Å². The summed E-state index contributed by atoms with van der Waals surface area (Å²) in [5.41, 5.74) is 0. The van der Waals surface area contributed by atoms with Crippen LogP contribution in [0.2, 0.25) is 0 Å². The molecule has 0 aromatic heterocycles. The first-order chi connectivity index (χ1) is 7.13. The van der Waals surface area contributed by atoms with Crippen molar-refractivity contribution in [3.63, 3.8) is 0 Å². The fraction of sp³-hybridized carbons (Fsp3) is 0.364. The van der Waals surface area contributed by atoms with Crippen LogP contribution in [0.25, 0.3) is 0 Å². The van der Waals surface area contributed by atoms with E-state index in [1.807, 2.05) is 6.92 Å². The van der Waals surface area contributed by atoms with Crippen LogP contribution in [-0.2, 0) is 4.79 Å². The van der Waals surface area contributed by atoms with Crippen molar-refractivity contribution >= 4 is 5.97 Å². The zero-order valence-electron chi connectivity index (χ0n) is 8.44. The number of rotatable bonds is 5. The van der Waals surface area contributed by atoms with Gasteiger partial charge in [-0.15, -0.1) is 0 Å². The Morgan fingerprint density at radius 1 is 1.47 bits per heavy atom. The summed E-state index contributed by atoms with van der Waals surface area (Å²) in [7, 11) is 0. The zero-order valence-corrected chi connectivity index (χ0v) is 8.44. The molecular weight excluding hydrogens is 199 g/mol. The lowest BCUT2D eigenvalue weighted by molar-refractivity contribution is -0.145. The van der Waals surface area contributed by atoms with Crippen LogP contribution in [0.1, 0.15) is 19.8 Å². The van der Waals surface area contributed by atoms with Crippen LogP contribution in [0.3, 0.4) is 0 Å². The van der Waals surface area contributed by atoms with Crippen molar-refractivity contribution in [3.05, 3.63) is 30.1 Å². The Bertz CT molecular complexity index is 321. The molecule has 0 bridgehead atoms. The lowest BCUT2D eigenvalue weighted by Gasteiger charge is -2.13. The molecule has 15 heavy (non-hydrogen) atoms. The van der Waals surface area contributed by atoms with Gasteiger partial charge in [0, 0.05) is 0 Å². The Morgan fingerprint density at radius 3 is 2.53 bits per heavy atom. The third kappa shape index (κ3) is 3.58. The molecule has 3 nitrogen and oxygen atoms in total. The Kier molecular flexibility index (Phi) is 4.09. The Labute approximate surface area is 87.5 Å². The predicted octanol–water partition coefficient (Wildman–Crippen LogP) is 2.46. The molecule has 1 rings (SSSR count). The van der Waals surface area contributed by atoms with Gasteiger partial charge >= 0.3 is 5.97 Å². The molecular formula is C11H13FO3. The van der Waals surface area contributed by atoms with E-state index in [0.717, 1.165) is 6.42 Å². The number of halogens is 1. The highest BCUT2D eigenvalue weighted by molar-refractivity contribution is 5.72. The maximum atomic E-state index is 12.6. The summed E-state index contributed by atoms with van der Waals surface area (Å²) in [5, 5.41) is 8.82. The lowest BCUT2D eigenvalue weighted by atomic mass is 10.2. The number of hydrogen-bond acceptors (Lipinski definition) is 2. The van der Waals surface area contributed by atoms with Gasteiger partial charge in [-0.1, -0.05) is 13.3 Å². The number of carbonyl (C=O) groups is 1. The third-order valence-electron chi connectivity index (χ3n) is 1.92. The number of benzene rings is 1. The average Bonchev–Trinajstić information content (AvgIpc) is 2.20. The van der Waals surface area contributed by atoms with Crippen LogP contribution in [0.5, 0.6) is 5.75 Å². The maximum absolute atomic E-state index is 12.6. The fourth-order valence-electron chi connectivity index (χ4n) is 1.17. The van der Waals surface area contributed by atoms with E-state index in [9.17, 15) is 9.18 Å². The van der Waals surface area contributed by atoms with Gasteiger partial charge in [-0.25, -0.2) is 9.18 Å². The molecule has 4 heteroatoms. The third-order valence-corrected chi connectivity index (χ3v) is 1.92. The van der Waals surface area contributed by atoms with Crippen molar-refractivity contribution in [3.8, 4) is 5.75 Å². The number of ether oxygens (including phenoxy) is 1. The highest BCUT2D eigenvalue weighted by atomic mass is 19.1. The highest BCUT2D eigenvalue weighted by Gasteiger charge is 2.17. The van der Waals surface area contributed by atoms with Crippen molar-refractivity contribution in [2.24, 2.45) is 0 Å². The van der Waals surface area contributed by atoms with Crippen molar-refractivity contribution < 1.29 is 19.0 Å². The first-order valence-corrected chi connectivity index (χ1v) is 4.78. The molecule has 1 atom stereocenters. The zero-order chi connectivity index (χ0) is 11.3. The maximum Gasteiger partial charge on any atom is 0.344 e. The second kappa shape index (κ2) is 5.34. The minimum Gasteiger partial charge on any atom is -0.479 e. The lowest BCUT2D eigenvalue weighted by Crippen LogP contribution is -2.26. The summed E-state index contributed by atoms with van der Waals surface area (Å²) in [6.45, 7) is 1.88. The monoisotopic (exact) mass is 212 g/mol. The van der Waals surface area contributed by atoms with Gasteiger partial charge in [0.25, 0.3) is 0 Å². The van der Waals surface area contributed by atoms with E-state index >= 15 is 0 Å². The predicted molar refractivity (Wildman–Crippen MR) is 53.4 cm³/mol. The van der Waals surface area contributed by atoms with E-state index in [4.69, 9.17) is 9.84 Å². The van der Waals surface area contributed by atoms with Crippen LogP contribution in [0.15, 0.2) is 24.3 Å². The molecule has 0 aliphatic carbocycles. The van der Waals surface area contributed by atoms with Crippen LogP contribution < -0.4 is 4.74 Å². The molecule has 1 aromatic rings. The summed E-state index contributed by atoms with van der Waals surface area (Å²) >= 11 is 0. The summed E-state index contributed by atoms with van der Waals surface area (Å²) in [4.78, 5) is 10.8. The van der Waals surface area contributed by atoms with Crippen molar-refractivity contribution in [1.29, 1.82) is 0 Å². The Hall–Kier alpha value is -1.58. The fourth-order valence-corrected chi connectivity index (χ4v) is 1.17. The van der Waals surface area contributed by atoms with Crippen LogP contribution in [0, 0.1) is 5.82 Å². The van der Waals surface area contributed by atoms with Gasteiger partial charge in [0.15, 0.2) is 6.10 Å². The average molecular weight is 212 g/mol. The smallest absolute Gasteiger partial charge is 0.344 e. The quantitative estimate of drug-likeness (QED) is 0.815. The van der Waals surface area contributed by atoms with Gasteiger partial charge in [0.05, 0.1) is 0 Å². The van der Waals surface area contributed by atoms with Crippen molar-refractivity contribution in [2.75, 3.05) is 0 Å². The molecule has 1 N–H and O–H groups in total. The van der Waals surface area contributed by atoms with Gasteiger partial charge in [-0.05, 0) is 30.7 Å². The second-order valence-corrected chi connectivity index (χ2v) is 3.19. The normalized spacial score (nSPS) is 12.1.